The zero-order valence-electron chi connectivity index (χ0n) is 15.3. The molecular formula is C20H23N5OS. The third kappa shape index (κ3) is 3.78. The number of hydrogen-bond acceptors (Lipinski definition) is 5. The van der Waals surface area contributed by atoms with E-state index in [4.69, 9.17) is 0 Å². The molecule has 6 nitrogen and oxygen atoms in total. The van der Waals surface area contributed by atoms with E-state index in [9.17, 15) is 4.79 Å². The Labute approximate surface area is 162 Å². The molecule has 7 heteroatoms. The van der Waals surface area contributed by atoms with Crippen molar-refractivity contribution in [2.24, 2.45) is 0 Å². The third-order valence-corrected chi connectivity index (χ3v) is 5.95. The van der Waals surface area contributed by atoms with Gasteiger partial charge < -0.3 is 10.6 Å². The van der Waals surface area contributed by atoms with Gasteiger partial charge in [0.05, 0.1) is 22.8 Å². The number of nitrogens with zero attached hydrogens (tertiary/aromatic N) is 3. The molecule has 1 aliphatic rings. The Hall–Kier alpha value is -2.54. The van der Waals surface area contributed by atoms with Gasteiger partial charge in [0, 0.05) is 31.1 Å². The minimum absolute atomic E-state index is 0.120. The molecule has 1 amide bonds. The van der Waals surface area contributed by atoms with Gasteiger partial charge in [-0.3, -0.25) is 4.79 Å². The van der Waals surface area contributed by atoms with Gasteiger partial charge in [-0.15, -0.1) is 0 Å². The maximum atomic E-state index is 12.9. The molecule has 0 radical (unpaired) electrons. The zero-order chi connectivity index (χ0) is 18.6. The lowest BCUT2D eigenvalue weighted by Crippen LogP contribution is -2.26. The van der Waals surface area contributed by atoms with E-state index in [0.29, 0.717) is 18.2 Å². The number of benzene rings is 1. The SMILES string of the molecule is CCn1ncc2c(NC3CCSC3)c(C(=O)NCc3ccccc3)cnc21. The number of rotatable bonds is 6. The monoisotopic (exact) mass is 381 g/mol. The van der Waals surface area contributed by atoms with Crippen LogP contribution in [0.15, 0.2) is 42.7 Å². The lowest BCUT2D eigenvalue weighted by molar-refractivity contribution is 0.0951. The quantitative estimate of drug-likeness (QED) is 0.685. The van der Waals surface area contributed by atoms with Gasteiger partial charge in [-0.05, 0) is 24.7 Å². The molecule has 140 valence electrons. The summed E-state index contributed by atoms with van der Waals surface area (Å²) in [5.74, 6) is 2.08. The van der Waals surface area contributed by atoms with E-state index in [2.05, 4.69) is 20.7 Å². The van der Waals surface area contributed by atoms with E-state index >= 15 is 0 Å². The summed E-state index contributed by atoms with van der Waals surface area (Å²) in [5.41, 5.74) is 3.30. The largest absolute Gasteiger partial charge is 0.380 e. The van der Waals surface area contributed by atoms with E-state index in [1.54, 1.807) is 6.20 Å². The molecule has 2 N–H and O–H groups in total. The fourth-order valence-corrected chi connectivity index (χ4v) is 4.46. The molecule has 1 atom stereocenters. The standard InChI is InChI=1S/C20H23N5OS/c1-2-25-19-16(12-23-25)18(24-15-8-9-27-13-15)17(11-21-19)20(26)22-10-14-6-4-3-5-7-14/h3-7,11-12,15H,2,8-10,13H2,1H3,(H,21,24)(H,22,26). The average Bonchev–Trinajstić information content (AvgIpc) is 3.36. The van der Waals surface area contributed by atoms with Crippen LogP contribution in [0, 0.1) is 0 Å². The average molecular weight is 382 g/mol. The number of anilines is 1. The molecule has 0 aliphatic carbocycles. The van der Waals surface area contributed by atoms with Crippen LogP contribution in [0.3, 0.4) is 0 Å². The fourth-order valence-electron chi connectivity index (χ4n) is 3.31. The topological polar surface area (TPSA) is 71.8 Å². The van der Waals surface area contributed by atoms with Crippen LogP contribution in [-0.4, -0.2) is 38.2 Å². The van der Waals surface area contributed by atoms with Crippen LogP contribution in [0.4, 0.5) is 5.69 Å². The number of pyridine rings is 1. The van der Waals surface area contributed by atoms with Gasteiger partial charge in [0.15, 0.2) is 5.65 Å². The smallest absolute Gasteiger partial charge is 0.255 e. The van der Waals surface area contributed by atoms with Gasteiger partial charge >= 0.3 is 0 Å². The van der Waals surface area contributed by atoms with Crippen molar-refractivity contribution in [3.63, 3.8) is 0 Å². The summed E-state index contributed by atoms with van der Waals surface area (Å²) in [6.07, 6.45) is 4.58. The van der Waals surface area contributed by atoms with Crippen LogP contribution in [0.25, 0.3) is 11.0 Å². The second-order valence-corrected chi connectivity index (χ2v) is 7.77. The second-order valence-electron chi connectivity index (χ2n) is 6.62. The number of hydrogen-bond donors (Lipinski definition) is 2. The molecule has 27 heavy (non-hydrogen) atoms. The molecule has 0 saturated carbocycles. The van der Waals surface area contributed by atoms with E-state index in [1.165, 1.54) is 0 Å². The Morgan fingerprint density at radius 2 is 2.15 bits per heavy atom. The highest BCUT2D eigenvalue weighted by atomic mass is 32.2. The number of carbonyl (C=O) groups excluding carboxylic acids is 1. The number of thioether (sulfide) groups is 1. The van der Waals surface area contributed by atoms with Crippen LogP contribution in [0.2, 0.25) is 0 Å². The highest BCUT2D eigenvalue weighted by Crippen LogP contribution is 2.29. The molecule has 0 spiro atoms. The Morgan fingerprint density at radius 3 is 2.89 bits per heavy atom. The van der Waals surface area contributed by atoms with Crippen LogP contribution in [0.5, 0.6) is 0 Å². The first-order chi connectivity index (χ1) is 13.3. The maximum Gasteiger partial charge on any atom is 0.255 e. The van der Waals surface area contributed by atoms with Gasteiger partial charge in [0.25, 0.3) is 5.91 Å². The summed E-state index contributed by atoms with van der Waals surface area (Å²) in [5, 5.41) is 11.9. The van der Waals surface area contributed by atoms with E-state index in [1.807, 2.05) is 59.9 Å². The number of aryl methyl sites for hydroxylation is 1. The number of fused-ring (bicyclic) bond motifs is 1. The molecule has 1 fully saturated rings. The second kappa shape index (κ2) is 8.00. The summed E-state index contributed by atoms with van der Waals surface area (Å²) < 4.78 is 1.86. The van der Waals surface area contributed by atoms with E-state index in [-0.39, 0.29) is 5.91 Å². The summed E-state index contributed by atoms with van der Waals surface area (Å²) in [6, 6.07) is 10.3. The van der Waals surface area contributed by atoms with E-state index in [0.717, 1.165) is 46.8 Å². The lowest BCUT2D eigenvalue weighted by atomic mass is 10.1. The van der Waals surface area contributed by atoms with Crippen LogP contribution in [0.1, 0.15) is 29.3 Å². The number of aromatic nitrogens is 3. The van der Waals surface area contributed by atoms with Crippen LogP contribution >= 0.6 is 11.8 Å². The van der Waals surface area contributed by atoms with Gasteiger partial charge in [-0.1, -0.05) is 30.3 Å². The normalized spacial score (nSPS) is 16.6. The minimum Gasteiger partial charge on any atom is -0.380 e. The number of nitrogens with one attached hydrogen (secondary N) is 2. The highest BCUT2D eigenvalue weighted by Gasteiger charge is 2.22. The molecule has 3 aromatic rings. The molecule has 1 aromatic carbocycles. The fraction of sp³-hybridized carbons (Fsp3) is 0.350. The highest BCUT2D eigenvalue weighted by molar-refractivity contribution is 7.99. The molecular weight excluding hydrogens is 358 g/mol. The third-order valence-electron chi connectivity index (χ3n) is 4.78. The molecule has 1 saturated heterocycles. The van der Waals surface area contributed by atoms with Gasteiger partial charge in [-0.25, -0.2) is 9.67 Å². The minimum atomic E-state index is -0.120. The summed E-state index contributed by atoms with van der Waals surface area (Å²) in [6.45, 7) is 3.27. The van der Waals surface area contributed by atoms with Crippen molar-refractivity contribution in [2.45, 2.75) is 32.5 Å². The van der Waals surface area contributed by atoms with Crippen molar-refractivity contribution in [1.82, 2.24) is 20.1 Å². The Morgan fingerprint density at radius 1 is 1.30 bits per heavy atom. The van der Waals surface area contributed by atoms with Crippen molar-refractivity contribution in [1.29, 1.82) is 0 Å². The first-order valence-electron chi connectivity index (χ1n) is 9.27. The number of amides is 1. The predicted molar refractivity (Wildman–Crippen MR) is 110 cm³/mol. The van der Waals surface area contributed by atoms with Crippen molar-refractivity contribution >= 4 is 34.4 Å². The molecule has 3 heterocycles. The molecule has 2 aromatic heterocycles. The molecule has 4 rings (SSSR count). The summed E-state index contributed by atoms with van der Waals surface area (Å²) in [7, 11) is 0. The van der Waals surface area contributed by atoms with Crippen molar-refractivity contribution < 1.29 is 4.79 Å². The molecule has 0 bridgehead atoms. The maximum absolute atomic E-state index is 12.9. The van der Waals surface area contributed by atoms with Crippen molar-refractivity contribution in [3.8, 4) is 0 Å². The first kappa shape index (κ1) is 17.9. The van der Waals surface area contributed by atoms with Crippen molar-refractivity contribution in [3.05, 3.63) is 53.9 Å². The Kier molecular flexibility index (Phi) is 5.29. The summed E-state index contributed by atoms with van der Waals surface area (Å²) >= 11 is 1.94. The Bertz CT molecular complexity index is 934. The van der Waals surface area contributed by atoms with E-state index < -0.39 is 0 Å². The summed E-state index contributed by atoms with van der Waals surface area (Å²) in [4.78, 5) is 17.4. The zero-order valence-corrected chi connectivity index (χ0v) is 16.1. The predicted octanol–water partition coefficient (Wildman–Crippen LogP) is 3.30. The number of carbonyl (C=O) groups is 1. The first-order valence-corrected chi connectivity index (χ1v) is 10.4. The van der Waals surface area contributed by atoms with Gasteiger partial charge in [-0.2, -0.15) is 16.9 Å². The van der Waals surface area contributed by atoms with Crippen molar-refractivity contribution in [2.75, 3.05) is 16.8 Å². The van der Waals surface area contributed by atoms with Crippen LogP contribution < -0.4 is 10.6 Å². The Balaban J connectivity index is 1.64. The van der Waals surface area contributed by atoms with Gasteiger partial charge in [0.2, 0.25) is 0 Å². The van der Waals surface area contributed by atoms with Crippen LogP contribution in [-0.2, 0) is 13.1 Å². The molecule has 1 aliphatic heterocycles. The lowest BCUT2D eigenvalue weighted by Gasteiger charge is -2.17. The molecule has 1 unspecified atom stereocenters. The van der Waals surface area contributed by atoms with Gasteiger partial charge in [0.1, 0.15) is 0 Å².